The van der Waals surface area contributed by atoms with Crippen molar-refractivity contribution in [2.75, 3.05) is 26.9 Å². The molecule has 3 rings (SSSR count). The molecule has 3 saturated heterocycles. The van der Waals surface area contributed by atoms with Crippen LogP contribution >= 0.6 is 0 Å². The van der Waals surface area contributed by atoms with Crippen molar-refractivity contribution in [2.45, 2.75) is 122 Å². The molecule has 282 valence electrons. The molecule has 3 fully saturated rings. The summed E-state index contributed by atoms with van der Waals surface area (Å²) in [5, 5.41) is 0. The van der Waals surface area contributed by atoms with Crippen LogP contribution in [-0.2, 0) is 95.1 Å². The minimum Gasteiger partial charge on any atom is -0.457 e. The van der Waals surface area contributed by atoms with Gasteiger partial charge in [0.1, 0.15) is 12.2 Å². The Morgan fingerprint density at radius 2 is 0.680 bits per heavy atom. The number of esters is 7. The van der Waals surface area contributed by atoms with E-state index in [1.165, 1.54) is 7.11 Å². The van der Waals surface area contributed by atoms with Crippen molar-refractivity contribution in [2.24, 2.45) is 0 Å². The molecule has 0 aromatic carbocycles. The normalized spacial score (nSPS) is 33.9. The maximum absolute atomic E-state index is 12.4. The Balaban J connectivity index is 1.98. The fraction of sp³-hybridized carbons (Fsp3) is 0.767. The molecule has 12 atom stereocenters. The molecule has 20 nitrogen and oxygen atoms in total. The van der Waals surface area contributed by atoms with Crippen molar-refractivity contribution in [3.8, 4) is 0 Å². The number of methoxy groups -OCH3 is 1. The highest BCUT2D eigenvalue weighted by atomic mass is 16.8. The lowest BCUT2D eigenvalue weighted by atomic mass is 10.0. The molecule has 3 aliphatic heterocycles. The van der Waals surface area contributed by atoms with E-state index in [9.17, 15) is 33.6 Å². The molecule has 0 amide bonds. The van der Waals surface area contributed by atoms with Gasteiger partial charge in [0.05, 0.1) is 19.8 Å². The van der Waals surface area contributed by atoms with Crippen LogP contribution in [0.2, 0.25) is 0 Å². The van der Waals surface area contributed by atoms with Gasteiger partial charge < -0.3 is 61.6 Å². The maximum Gasteiger partial charge on any atom is 0.303 e. The number of ether oxygens (including phenoxy) is 13. The Morgan fingerprint density at radius 1 is 0.380 bits per heavy atom. The Kier molecular flexibility index (Phi) is 14.8. The largest absolute Gasteiger partial charge is 0.457 e. The Labute approximate surface area is 286 Å². The van der Waals surface area contributed by atoms with Gasteiger partial charge in [0, 0.05) is 55.6 Å². The molecule has 20 heteroatoms. The first-order chi connectivity index (χ1) is 23.5. The van der Waals surface area contributed by atoms with E-state index in [2.05, 4.69) is 0 Å². The topological polar surface area (TPSA) is 239 Å². The molecule has 0 bridgehead atoms. The van der Waals surface area contributed by atoms with Crippen LogP contribution in [0.3, 0.4) is 0 Å². The van der Waals surface area contributed by atoms with E-state index in [0.717, 1.165) is 48.5 Å². The second-order valence-corrected chi connectivity index (χ2v) is 11.3. The first kappa shape index (κ1) is 40.5. The van der Waals surface area contributed by atoms with Gasteiger partial charge in [-0.3, -0.25) is 33.6 Å². The van der Waals surface area contributed by atoms with Gasteiger partial charge in [-0.25, -0.2) is 0 Å². The highest BCUT2D eigenvalue weighted by molar-refractivity contribution is 5.69. The quantitative estimate of drug-likeness (QED) is 0.173. The van der Waals surface area contributed by atoms with Crippen LogP contribution in [0.1, 0.15) is 48.5 Å². The van der Waals surface area contributed by atoms with Crippen molar-refractivity contribution >= 4 is 41.8 Å². The summed E-state index contributed by atoms with van der Waals surface area (Å²) < 4.78 is 72.6. The van der Waals surface area contributed by atoms with Gasteiger partial charge in [0.2, 0.25) is 0 Å². The third kappa shape index (κ3) is 11.3. The first-order valence-corrected chi connectivity index (χ1v) is 15.4. The van der Waals surface area contributed by atoms with Gasteiger partial charge in [0.25, 0.3) is 0 Å². The summed E-state index contributed by atoms with van der Waals surface area (Å²) in [7, 11) is 1.28. The van der Waals surface area contributed by atoms with E-state index < -0.39 is 122 Å². The molecule has 0 spiro atoms. The molecule has 50 heavy (non-hydrogen) atoms. The summed E-state index contributed by atoms with van der Waals surface area (Å²) in [6, 6.07) is 0. The van der Waals surface area contributed by atoms with Gasteiger partial charge in [-0.2, -0.15) is 0 Å². The van der Waals surface area contributed by atoms with Gasteiger partial charge in [-0.1, -0.05) is 0 Å². The van der Waals surface area contributed by atoms with Crippen LogP contribution in [0.15, 0.2) is 0 Å². The zero-order chi connectivity index (χ0) is 37.3. The van der Waals surface area contributed by atoms with Crippen LogP contribution in [0.4, 0.5) is 0 Å². The van der Waals surface area contributed by atoms with Crippen LogP contribution < -0.4 is 0 Å². The van der Waals surface area contributed by atoms with Crippen LogP contribution in [0, 0.1) is 0 Å². The SMILES string of the molecule is COC1OCC(OC(C)=O)C(OC2OCC(OC3OCC(OC(C)=O)C(OC(C)=O)C3OC(C)=O)C(OC(C)=O)C2OC(C)=O)C1OC(C)=O. The molecule has 3 heterocycles. The number of carbonyl (C=O) groups excluding carboxylic acids is 7. The predicted molar refractivity (Wildman–Crippen MR) is 155 cm³/mol. The third-order valence-corrected chi connectivity index (χ3v) is 7.13. The highest BCUT2D eigenvalue weighted by Crippen LogP contribution is 2.33. The van der Waals surface area contributed by atoms with E-state index in [1.54, 1.807) is 0 Å². The Morgan fingerprint density at radius 3 is 1.08 bits per heavy atom. The van der Waals surface area contributed by atoms with Gasteiger partial charge >= 0.3 is 41.8 Å². The van der Waals surface area contributed by atoms with Crippen molar-refractivity contribution in [1.29, 1.82) is 0 Å². The Bertz CT molecular complexity index is 1250. The molecule has 0 aliphatic carbocycles. The average molecular weight is 723 g/mol. The monoisotopic (exact) mass is 722 g/mol. The van der Waals surface area contributed by atoms with Crippen molar-refractivity contribution in [3.63, 3.8) is 0 Å². The first-order valence-electron chi connectivity index (χ1n) is 15.4. The minimum atomic E-state index is -1.59. The molecule has 0 saturated carbocycles. The molecule has 3 aliphatic rings. The van der Waals surface area contributed by atoms with Gasteiger partial charge in [-0.05, 0) is 0 Å². The average Bonchev–Trinajstić information content (AvgIpc) is 2.98. The van der Waals surface area contributed by atoms with E-state index >= 15 is 0 Å². The summed E-state index contributed by atoms with van der Waals surface area (Å²) in [4.78, 5) is 84.6. The van der Waals surface area contributed by atoms with E-state index in [-0.39, 0.29) is 13.2 Å². The van der Waals surface area contributed by atoms with Crippen molar-refractivity contribution in [1.82, 2.24) is 0 Å². The molecule has 0 radical (unpaired) electrons. The summed E-state index contributed by atoms with van der Waals surface area (Å²) in [5.74, 6) is -5.59. The zero-order valence-corrected chi connectivity index (χ0v) is 28.7. The fourth-order valence-corrected chi connectivity index (χ4v) is 5.52. The Hall–Kier alpha value is -3.95. The van der Waals surface area contributed by atoms with Crippen molar-refractivity contribution in [3.05, 3.63) is 0 Å². The summed E-state index contributed by atoms with van der Waals surface area (Å²) in [5.41, 5.74) is 0. The van der Waals surface area contributed by atoms with Crippen molar-refractivity contribution < 1.29 is 95.1 Å². The third-order valence-electron chi connectivity index (χ3n) is 7.13. The number of carbonyl (C=O) groups is 7. The van der Waals surface area contributed by atoms with E-state index in [1.807, 2.05) is 0 Å². The lowest BCUT2D eigenvalue weighted by molar-refractivity contribution is -0.353. The summed E-state index contributed by atoms with van der Waals surface area (Å²) >= 11 is 0. The summed E-state index contributed by atoms with van der Waals surface area (Å²) in [6.45, 7) is 6.54. The van der Waals surface area contributed by atoms with Gasteiger partial charge in [0.15, 0.2) is 61.6 Å². The molecule has 0 N–H and O–H groups in total. The predicted octanol–water partition coefficient (Wildman–Crippen LogP) is -1.01. The molecule has 12 unspecified atom stereocenters. The number of hydrogen-bond donors (Lipinski definition) is 0. The molecular formula is C30H42O20. The number of rotatable bonds is 12. The summed E-state index contributed by atoms with van der Waals surface area (Å²) in [6.07, 6.45) is -16.7. The lowest BCUT2D eigenvalue weighted by Gasteiger charge is -2.46. The second kappa shape index (κ2) is 18.3. The van der Waals surface area contributed by atoms with E-state index in [4.69, 9.17) is 61.6 Å². The number of hydrogen-bond acceptors (Lipinski definition) is 20. The lowest BCUT2D eigenvalue weighted by Crippen LogP contribution is -2.64. The van der Waals surface area contributed by atoms with E-state index in [0.29, 0.717) is 0 Å². The van der Waals surface area contributed by atoms with Gasteiger partial charge in [-0.15, -0.1) is 0 Å². The minimum absolute atomic E-state index is 0.265. The zero-order valence-electron chi connectivity index (χ0n) is 28.7. The second-order valence-electron chi connectivity index (χ2n) is 11.3. The smallest absolute Gasteiger partial charge is 0.303 e. The highest BCUT2D eigenvalue weighted by Gasteiger charge is 2.55. The maximum atomic E-state index is 12.4. The molecule has 0 aromatic rings. The fourth-order valence-electron chi connectivity index (χ4n) is 5.52. The molecule has 0 aromatic heterocycles. The standard InChI is InChI=1S/C30H42O20/c1-12(31)42-19-10-40-29(26(47-17(6)36)22(19)44-14(3)33)49-21-11-41-30(27(48-18(7)37)23(21)45-15(4)34)50-24-20(43-13(2)32)9-39-28(38-8)25(24)46-16(5)35/h19-30H,9-11H2,1-8H3. The van der Waals surface area contributed by atoms with Crippen LogP contribution in [-0.4, -0.2) is 143 Å². The van der Waals surface area contributed by atoms with Crippen LogP contribution in [0.25, 0.3) is 0 Å². The molecular weight excluding hydrogens is 680 g/mol. The van der Waals surface area contributed by atoms with Crippen LogP contribution in [0.5, 0.6) is 0 Å².